The monoisotopic (exact) mass is 361 g/mol. The topological polar surface area (TPSA) is 134 Å². The standard InChI is InChI=1S/C15H23NO9/c1-6-16-15(21)14(25-11(5)20)13(24-10(4)19)12(23-9(3)18)7-22-8(2)17/h12-14H,6-7H2,1-5H3,(H,16,21)/t12-,13-,14-/m1/s1. The third-order valence-corrected chi connectivity index (χ3v) is 2.64. The van der Waals surface area contributed by atoms with Crippen LogP contribution in [0.25, 0.3) is 0 Å². The van der Waals surface area contributed by atoms with Crippen LogP contribution in [0, 0.1) is 0 Å². The molecule has 0 spiro atoms. The Hall–Kier alpha value is -2.65. The number of ether oxygens (including phenoxy) is 4. The Kier molecular flexibility index (Phi) is 9.83. The van der Waals surface area contributed by atoms with Gasteiger partial charge in [0.2, 0.25) is 6.10 Å². The molecule has 0 aromatic rings. The number of hydrogen-bond donors (Lipinski definition) is 1. The molecule has 0 radical (unpaired) electrons. The van der Waals surface area contributed by atoms with E-state index in [4.69, 9.17) is 18.9 Å². The second-order valence-corrected chi connectivity index (χ2v) is 4.95. The molecule has 25 heavy (non-hydrogen) atoms. The summed E-state index contributed by atoms with van der Waals surface area (Å²) in [6.07, 6.45) is -4.45. The summed E-state index contributed by atoms with van der Waals surface area (Å²) in [5.74, 6) is -3.84. The molecule has 142 valence electrons. The first-order valence-electron chi connectivity index (χ1n) is 7.51. The van der Waals surface area contributed by atoms with Gasteiger partial charge in [-0.15, -0.1) is 0 Å². The Morgan fingerprint density at radius 1 is 0.800 bits per heavy atom. The molecule has 0 saturated carbocycles. The fourth-order valence-corrected chi connectivity index (χ4v) is 1.86. The fraction of sp³-hybridized carbons (Fsp3) is 0.667. The van der Waals surface area contributed by atoms with Crippen molar-refractivity contribution in [1.29, 1.82) is 0 Å². The molecule has 3 atom stereocenters. The zero-order chi connectivity index (χ0) is 19.6. The first-order chi connectivity index (χ1) is 11.6. The third-order valence-electron chi connectivity index (χ3n) is 2.64. The summed E-state index contributed by atoms with van der Waals surface area (Å²) in [5.41, 5.74) is 0. The molecule has 0 bridgehead atoms. The number of amides is 1. The highest BCUT2D eigenvalue weighted by molar-refractivity contribution is 5.84. The van der Waals surface area contributed by atoms with E-state index in [0.29, 0.717) is 0 Å². The summed E-state index contributed by atoms with van der Waals surface area (Å²) in [7, 11) is 0. The smallest absolute Gasteiger partial charge is 0.303 e. The van der Waals surface area contributed by atoms with E-state index in [0.717, 1.165) is 27.7 Å². The van der Waals surface area contributed by atoms with Gasteiger partial charge in [0, 0.05) is 34.2 Å². The number of likely N-dealkylation sites (N-methyl/N-ethyl adjacent to an activating group) is 1. The highest BCUT2D eigenvalue weighted by Gasteiger charge is 2.42. The second-order valence-electron chi connectivity index (χ2n) is 4.95. The van der Waals surface area contributed by atoms with Gasteiger partial charge in [-0.25, -0.2) is 0 Å². The quantitative estimate of drug-likeness (QED) is 0.425. The average molecular weight is 361 g/mol. The molecule has 0 aliphatic heterocycles. The molecule has 0 fully saturated rings. The first kappa shape index (κ1) is 22.4. The molecule has 1 N–H and O–H groups in total. The van der Waals surface area contributed by atoms with E-state index in [9.17, 15) is 24.0 Å². The van der Waals surface area contributed by atoms with E-state index in [-0.39, 0.29) is 6.54 Å². The Bertz CT molecular complexity index is 517. The zero-order valence-corrected chi connectivity index (χ0v) is 14.8. The predicted molar refractivity (Wildman–Crippen MR) is 82.0 cm³/mol. The van der Waals surface area contributed by atoms with Crippen molar-refractivity contribution in [2.45, 2.75) is 52.9 Å². The molecule has 0 rings (SSSR count). The van der Waals surface area contributed by atoms with Crippen LogP contribution in [0.4, 0.5) is 0 Å². The summed E-state index contributed by atoms with van der Waals surface area (Å²) in [4.78, 5) is 57.3. The number of nitrogens with one attached hydrogen (secondary N) is 1. The van der Waals surface area contributed by atoms with Gasteiger partial charge in [-0.05, 0) is 6.92 Å². The van der Waals surface area contributed by atoms with E-state index in [1.165, 1.54) is 0 Å². The lowest BCUT2D eigenvalue weighted by atomic mass is 10.1. The number of rotatable bonds is 9. The molecule has 0 unspecified atom stereocenters. The minimum Gasteiger partial charge on any atom is -0.462 e. The third kappa shape index (κ3) is 9.28. The van der Waals surface area contributed by atoms with Crippen LogP contribution in [-0.2, 0) is 42.9 Å². The molecule has 0 aromatic carbocycles. The number of carbonyl (C=O) groups is 5. The zero-order valence-electron chi connectivity index (χ0n) is 14.8. The van der Waals surface area contributed by atoms with Crippen LogP contribution in [0.3, 0.4) is 0 Å². The van der Waals surface area contributed by atoms with Crippen LogP contribution < -0.4 is 5.32 Å². The largest absolute Gasteiger partial charge is 0.462 e. The molecule has 0 aliphatic carbocycles. The first-order valence-corrected chi connectivity index (χ1v) is 7.51. The van der Waals surface area contributed by atoms with Gasteiger partial charge in [0.05, 0.1) is 0 Å². The molecule has 10 nitrogen and oxygen atoms in total. The Morgan fingerprint density at radius 2 is 1.32 bits per heavy atom. The van der Waals surface area contributed by atoms with Crippen LogP contribution in [-0.4, -0.2) is 61.2 Å². The molecular formula is C15H23NO9. The van der Waals surface area contributed by atoms with Gasteiger partial charge in [0.25, 0.3) is 5.91 Å². The van der Waals surface area contributed by atoms with Crippen LogP contribution in [0.15, 0.2) is 0 Å². The lowest BCUT2D eigenvalue weighted by Gasteiger charge is -2.30. The van der Waals surface area contributed by atoms with Gasteiger partial charge in [0.1, 0.15) is 6.61 Å². The summed E-state index contributed by atoms with van der Waals surface area (Å²) in [5, 5.41) is 2.42. The van der Waals surface area contributed by atoms with Crippen molar-refractivity contribution in [3.05, 3.63) is 0 Å². The maximum absolute atomic E-state index is 12.2. The maximum Gasteiger partial charge on any atom is 0.303 e. The normalized spacial score (nSPS) is 13.6. The minimum absolute atomic E-state index is 0.214. The Balaban J connectivity index is 5.73. The lowest BCUT2D eigenvalue weighted by molar-refractivity contribution is -0.191. The van der Waals surface area contributed by atoms with E-state index in [1.54, 1.807) is 6.92 Å². The number of carbonyl (C=O) groups excluding carboxylic acids is 5. The SMILES string of the molecule is CCNC(=O)[C@H](OC(C)=O)[C@H](OC(C)=O)[C@@H](COC(C)=O)OC(C)=O. The number of hydrogen-bond acceptors (Lipinski definition) is 9. The molecule has 1 amide bonds. The highest BCUT2D eigenvalue weighted by Crippen LogP contribution is 2.15. The van der Waals surface area contributed by atoms with Gasteiger partial charge in [-0.3, -0.25) is 24.0 Å². The van der Waals surface area contributed by atoms with Gasteiger partial charge < -0.3 is 24.3 Å². The molecule has 0 aromatic heterocycles. The van der Waals surface area contributed by atoms with E-state index in [2.05, 4.69) is 5.32 Å². The predicted octanol–water partition coefficient (Wildman–Crippen LogP) is -0.519. The van der Waals surface area contributed by atoms with Crippen molar-refractivity contribution in [2.75, 3.05) is 13.2 Å². The summed E-state index contributed by atoms with van der Waals surface area (Å²) in [6.45, 7) is 5.68. The van der Waals surface area contributed by atoms with Gasteiger partial charge in [-0.2, -0.15) is 0 Å². The fourth-order valence-electron chi connectivity index (χ4n) is 1.86. The van der Waals surface area contributed by atoms with Crippen LogP contribution >= 0.6 is 0 Å². The van der Waals surface area contributed by atoms with Crippen molar-refractivity contribution in [3.63, 3.8) is 0 Å². The highest BCUT2D eigenvalue weighted by atomic mass is 16.6. The van der Waals surface area contributed by atoms with Crippen molar-refractivity contribution in [1.82, 2.24) is 5.32 Å². The van der Waals surface area contributed by atoms with Gasteiger partial charge in [0.15, 0.2) is 12.2 Å². The molecular weight excluding hydrogens is 338 g/mol. The van der Waals surface area contributed by atoms with E-state index < -0.39 is 54.7 Å². The molecule has 10 heteroatoms. The maximum atomic E-state index is 12.2. The average Bonchev–Trinajstić information content (AvgIpc) is 2.46. The van der Waals surface area contributed by atoms with Crippen molar-refractivity contribution >= 4 is 29.8 Å². The van der Waals surface area contributed by atoms with Gasteiger partial charge >= 0.3 is 23.9 Å². The summed E-state index contributed by atoms with van der Waals surface area (Å²) >= 11 is 0. The van der Waals surface area contributed by atoms with Crippen molar-refractivity contribution < 1.29 is 42.9 Å². The summed E-state index contributed by atoms with van der Waals surface area (Å²) < 4.78 is 19.7. The number of esters is 4. The van der Waals surface area contributed by atoms with Crippen LogP contribution in [0.2, 0.25) is 0 Å². The van der Waals surface area contributed by atoms with Crippen LogP contribution in [0.1, 0.15) is 34.6 Å². The molecule has 0 aliphatic rings. The van der Waals surface area contributed by atoms with Crippen LogP contribution in [0.5, 0.6) is 0 Å². The van der Waals surface area contributed by atoms with Gasteiger partial charge in [-0.1, -0.05) is 0 Å². The van der Waals surface area contributed by atoms with E-state index in [1.807, 2.05) is 0 Å². The second kappa shape index (κ2) is 11.0. The Labute approximate surface area is 145 Å². The summed E-state index contributed by atoms with van der Waals surface area (Å²) in [6, 6.07) is 0. The van der Waals surface area contributed by atoms with Crippen molar-refractivity contribution in [3.8, 4) is 0 Å². The minimum atomic E-state index is -1.60. The Morgan fingerprint density at radius 3 is 1.72 bits per heavy atom. The van der Waals surface area contributed by atoms with Crippen molar-refractivity contribution in [2.24, 2.45) is 0 Å². The lowest BCUT2D eigenvalue weighted by Crippen LogP contribution is -2.53. The molecule has 0 saturated heterocycles. The van der Waals surface area contributed by atoms with E-state index >= 15 is 0 Å². The molecule has 0 heterocycles.